The van der Waals surface area contributed by atoms with Crippen LogP contribution in [0, 0.1) is 13.8 Å². The number of nitrogens with two attached hydrogens (primary N) is 1. The summed E-state index contributed by atoms with van der Waals surface area (Å²) in [6.07, 6.45) is 5.47. The van der Waals surface area contributed by atoms with E-state index < -0.39 is 6.09 Å². The molecule has 4 N–H and O–H groups in total. The molecular formula is C28H36N6O7. The van der Waals surface area contributed by atoms with Gasteiger partial charge in [-0.1, -0.05) is 0 Å². The Kier molecular flexibility index (Phi) is 8.00. The number of carboxylic acid groups (broad SMARTS) is 1. The lowest BCUT2D eigenvalue weighted by atomic mass is 9.99. The average molecular weight is 569 g/mol. The van der Waals surface area contributed by atoms with Crippen molar-refractivity contribution in [2.24, 2.45) is 5.73 Å². The van der Waals surface area contributed by atoms with E-state index >= 15 is 0 Å². The molecule has 0 bridgehead atoms. The molecule has 1 aromatic heterocycles. The topological polar surface area (TPSA) is 169 Å². The van der Waals surface area contributed by atoms with Gasteiger partial charge >= 0.3 is 6.09 Å². The summed E-state index contributed by atoms with van der Waals surface area (Å²) >= 11 is 0. The molecule has 1 aromatic carbocycles. The minimum absolute atomic E-state index is 0.0998. The lowest BCUT2D eigenvalue weighted by molar-refractivity contribution is -0.123. The van der Waals surface area contributed by atoms with Crippen molar-refractivity contribution in [2.45, 2.75) is 63.6 Å². The first-order valence-electron chi connectivity index (χ1n) is 13.7. The van der Waals surface area contributed by atoms with E-state index in [1.54, 1.807) is 0 Å². The molecule has 4 aliphatic rings. The van der Waals surface area contributed by atoms with Crippen LogP contribution in [0.3, 0.4) is 0 Å². The molecule has 41 heavy (non-hydrogen) atoms. The fraction of sp³-hybridized carbons (Fsp3) is 0.536. The summed E-state index contributed by atoms with van der Waals surface area (Å²) in [5, 5.41) is 9.51. The predicted octanol–water partition coefficient (Wildman–Crippen LogP) is 1.81. The van der Waals surface area contributed by atoms with Crippen LogP contribution in [0.25, 0.3) is 0 Å². The van der Waals surface area contributed by atoms with Gasteiger partial charge < -0.3 is 35.3 Å². The largest absolute Gasteiger partial charge is 0.491 e. The zero-order chi connectivity index (χ0) is 29.3. The maximum atomic E-state index is 12.6. The van der Waals surface area contributed by atoms with Crippen LogP contribution in [0.4, 0.5) is 16.4 Å². The molecule has 6 rings (SSSR count). The second-order valence-electron chi connectivity index (χ2n) is 11.2. The molecule has 2 atom stereocenters. The molecule has 2 aliphatic carbocycles. The third-order valence-corrected chi connectivity index (χ3v) is 8.20. The molecule has 3 heterocycles. The molecular weight excluding hydrogens is 532 g/mol. The van der Waals surface area contributed by atoms with E-state index in [9.17, 15) is 9.59 Å². The second-order valence-corrected chi connectivity index (χ2v) is 11.2. The number of cyclic esters (lactones) is 1. The summed E-state index contributed by atoms with van der Waals surface area (Å²) in [6.45, 7) is 5.71. The van der Waals surface area contributed by atoms with Crippen molar-refractivity contribution in [3.05, 3.63) is 34.5 Å². The number of rotatable bonds is 8. The third-order valence-electron chi connectivity index (χ3n) is 8.20. The number of benzene rings is 1. The first-order valence-corrected chi connectivity index (χ1v) is 13.7. The number of hydrogen-bond acceptors (Lipinski definition) is 10. The quantitative estimate of drug-likeness (QED) is 0.397. The molecule has 0 radical (unpaired) electrons. The summed E-state index contributed by atoms with van der Waals surface area (Å²) in [5.41, 5.74) is 11.4. The Morgan fingerprint density at radius 3 is 2.76 bits per heavy atom. The number of nitrogens with one attached hydrogen (secondary N) is 1. The molecule has 0 spiro atoms. The number of aryl methyl sites for hydroxylation is 1. The van der Waals surface area contributed by atoms with E-state index in [0.29, 0.717) is 31.4 Å². The zero-order valence-electron chi connectivity index (χ0n) is 23.5. The molecule has 1 saturated heterocycles. The Morgan fingerprint density at radius 2 is 2.02 bits per heavy atom. The van der Waals surface area contributed by atoms with E-state index in [2.05, 4.69) is 47.1 Å². The smallest absolute Gasteiger partial charge is 0.415 e. The number of aromatic nitrogens is 2. The summed E-state index contributed by atoms with van der Waals surface area (Å²) in [5.74, 6) is 1.43. The number of hydrogen-bond donors (Lipinski definition) is 3. The highest BCUT2D eigenvalue weighted by molar-refractivity contribution is 5.94. The number of ether oxygens (including phenoxy) is 3. The van der Waals surface area contributed by atoms with Gasteiger partial charge in [-0.2, -0.15) is 0 Å². The van der Waals surface area contributed by atoms with Gasteiger partial charge in [0.2, 0.25) is 0 Å². The van der Waals surface area contributed by atoms with Crippen molar-refractivity contribution in [3.8, 4) is 11.6 Å². The van der Waals surface area contributed by atoms with Crippen molar-refractivity contribution >= 4 is 30.1 Å². The predicted molar refractivity (Wildman–Crippen MR) is 148 cm³/mol. The van der Waals surface area contributed by atoms with E-state index in [-0.39, 0.29) is 42.3 Å². The summed E-state index contributed by atoms with van der Waals surface area (Å²) in [6, 6.07) is 2.54. The zero-order valence-corrected chi connectivity index (χ0v) is 23.5. The van der Waals surface area contributed by atoms with Gasteiger partial charge in [0.15, 0.2) is 18.2 Å². The van der Waals surface area contributed by atoms with Crippen LogP contribution in [0.2, 0.25) is 0 Å². The van der Waals surface area contributed by atoms with Gasteiger partial charge in [0.1, 0.15) is 18.5 Å². The van der Waals surface area contributed by atoms with Gasteiger partial charge in [-0.25, -0.2) is 14.8 Å². The molecule has 2 fully saturated rings. The van der Waals surface area contributed by atoms with Crippen LogP contribution < -0.4 is 25.4 Å². The Hall–Kier alpha value is -3.97. The lowest BCUT2D eigenvalue weighted by Gasteiger charge is -2.25. The van der Waals surface area contributed by atoms with Gasteiger partial charge in [0, 0.05) is 12.6 Å². The van der Waals surface area contributed by atoms with Crippen molar-refractivity contribution in [1.82, 2.24) is 14.9 Å². The van der Waals surface area contributed by atoms with Gasteiger partial charge in [0.05, 0.1) is 18.3 Å². The molecule has 13 nitrogen and oxygen atoms in total. The van der Waals surface area contributed by atoms with Crippen LogP contribution in [-0.4, -0.2) is 89.5 Å². The summed E-state index contributed by atoms with van der Waals surface area (Å²) in [7, 11) is 2.13. The lowest BCUT2D eigenvalue weighted by Crippen LogP contribution is -2.35. The highest BCUT2D eigenvalue weighted by Crippen LogP contribution is 2.38. The Morgan fingerprint density at radius 1 is 1.29 bits per heavy atom. The van der Waals surface area contributed by atoms with Gasteiger partial charge in [-0.3, -0.25) is 14.5 Å². The Balaban J connectivity index is 0.00000108. The molecule has 2 aliphatic heterocycles. The summed E-state index contributed by atoms with van der Waals surface area (Å²) < 4.78 is 17.0. The van der Waals surface area contributed by atoms with Crippen LogP contribution >= 0.6 is 0 Å². The maximum Gasteiger partial charge on any atom is 0.415 e. The van der Waals surface area contributed by atoms with E-state index in [1.807, 2.05) is 0 Å². The minimum Gasteiger partial charge on any atom is -0.491 e. The fourth-order valence-corrected chi connectivity index (χ4v) is 5.47. The number of amides is 2. The normalized spacial score (nSPS) is 21.6. The SMILES string of the molecule is Cc1cc(OCC2(N)CC2)c(C)c2c1CC(N(C)CCC1CN(c3cnc4c(n3)NC(=O)CO4)C(=O)O1)C2.O=CO. The van der Waals surface area contributed by atoms with E-state index in [1.165, 1.54) is 33.4 Å². The second kappa shape index (κ2) is 11.5. The van der Waals surface area contributed by atoms with Crippen molar-refractivity contribution in [2.75, 3.05) is 43.6 Å². The van der Waals surface area contributed by atoms with Crippen molar-refractivity contribution in [3.63, 3.8) is 0 Å². The number of fused-ring (bicyclic) bond motifs is 2. The molecule has 1 saturated carbocycles. The number of carbonyl (C=O) groups excluding carboxylic acids is 2. The van der Waals surface area contributed by atoms with E-state index in [4.69, 9.17) is 29.8 Å². The molecule has 13 heteroatoms. The maximum absolute atomic E-state index is 12.6. The highest BCUT2D eigenvalue weighted by atomic mass is 16.6. The number of nitrogens with zero attached hydrogens (tertiary/aromatic N) is 4. The van der Waals surface area contributed by atoms with Crippen molar-refractivity contribution in [1.29, 1.82) is 0 Å². The van der Waals surface area contributed by atoms with Crippen LogP contribution in [-0.2, 0) is 27.2 Å². The van der Waals surface area contributed by atoms with Gasteiger partial charge in [-0.05, 0) is 81.3 Å². The standard InChI is InChI=1S/C27H34N6O5.CH2O2/c1-15-8-21(37-14-27(28)5-6-27)16(2)20-10-17(9-19(15)20)32(3)7-4-18-12-33(26(35)38-18)22-11-29-25-24(30-22)31-23(34)13-36-25;2-1-3/h8,11,17-18H,4-7,9-10,12-14,28H2,1-3H3,(H,30,31,34);1H,(H,2,3). The van der Waals surface area contributed by atoms with Gasteiger partial charge in [0.25, 0.3) is 18.3 Å². The number of anilines is 2. The molecule has 2 amide bonds. The number of carbonyl (C=O) groups is 3. The first-order chi connectivity index (χ1) is 19.6. The summed E-state index contributed by atoms with van der Waals surface area (Å²) in [4.78, 5) is 44.9. The number of likely N-dealkylation sites (N-methyl/N-ethyl adjacent to an activating group) is 1. The monoisotopic (exact) mass is 568 g/mol. The minimum atomic E-state index is -0.465. The van der Waals surface area contributed by atoms with Crippen LogP contribution in [0.1, 0.15) is 41.5 Å². The Bertz CT molecular complexity index is 1350. The first kappa shape index (κ1) is 28.6. The van der Waals surface area contributed by atoms with Crippen LogP contribution in [0.5, 0.6) is 11.6 Å². The van der Waals surface area contributed by atoms with Gasteiger partial charge in [-0.15, -0.1) is 0 Å². The fourth-order valence-electron chi connectivity index (χ4n) is 5.47. The molecule has 2 unspecified atom stereocenters. The van der Waals surface area contributed by atoms with Crippen molar-refractivity contribution < 1.29 is 33.7 Å². The molecule has 2 aromatic rings. The Labute approximate surface area is 238 Å². The highest BCUT2D eigenvalue weighted by Gasteiger charge is 2.40. The van der Waals surface area contributed by atoms with Crippen LogP contribution in [0.15, 0.2) is 12.3 Å². The van der Waals surface area contributed by atoms with E-state index in [0.717, 1.165) is 38.0 Å². The third kappa shape index (κ3) is 6.20. The molecule has 220 valence electrons. The average Bonchev–Trinajstić information content (AvgIpc) is 3.33.